The fraction of sp³-hybridized carbons (Fsp3) is 0.333. The zero-order valence-corrected chi connectivity index (χ0v) is 16.1. The van der Waals surface area contributed by atoms with E-state index in [-0.39, 0.29) is 11.2 Å². The molecular formula is C21H25N3OS. The van der Waals surface area contributed by atoms with Gasteiger partial charge in [0, 0.05) is 13.1 Å². The number of para-hydroxylation sites is 2. The molecule has 1 N–H and O–H groups in total. The lowest BCUT2D eigenvalue weighted by atomic mass is 10.2. The molecule has 5 heteroatoms. The van der Waals surface area contributed by atoms with Gasteiger partial charge in [0.2, 0.25) is 5.91 Å². The number of rotatable bonds is 8. The first-order valence-electron chi connectivity index (χ1n) is 9.05. The van der Waals surface area contributed by atoms with E-state index < -0.39 is 0 Å². The zero-order valence-electron chi connectivity index (χ0n) is 15.3. The summed E-state index contributed by atoms with van der Waals surface area (Å²) >= 11 is 1.63. The number of aromatic amines is 1. The van der Waals surface area contributed by atoms with Crippen molar-refractivity contribution in [1.29, 1.82) is 0 Å². The molecule has 0 fully saturated rings. The lowest BCUT2D eigenvalue weighted by Crippen LogP contribution is -2.32. The minimum Gasteiger partial charge on any atom is -0.341 e. The van der Waals surface area contributed by atoms with Gasteiger partial charge < -0.3 is 9.88 Å². The van der Waals surface area contributed by atoms with Crippen molar-refractivity contribution in [3.63, 3.8) is 0 Å². The molecule has 0 saturated carbocycles. The van der Waals surface area contributed by atoms with Crippen molar-refractivity contribution in [3.05, 3.63) is 66.0 Å². The Morgan fingerprint density at radius 3 is 2.62 bits per heavy atom. The van der Waals surface area contributed by atoms with Crippen molar-refractivity contribution >= 4 is 28.7 Å². The van der Waals surface area contributed by atoms with Gasteiger partial charge in [0.05, 0.1) is 22.0 Å². The summed E-state index contributed by atoms with van der Waals surface area (Å²) in [5.41, 5.74) is 3.18. The molecule has 4 nitrogen and oxygen atoms in total. The molecule has 0 aliphatic rings. The van der Waals surface area contributed by atoms with E-state index in [2.05, 4.69) is 35.9 Å². The number of fused-ring (bicyclic) bond motifs is 1. The van der Waals surface area contributed by atoms with Crippen LogP contribution in [-0.2, 0) is 11.3 Å². The van der Waals surface area contributed by atoms with Gasteiger partial charge in [-0.05, 0) is 31.0 Å². The Balaban J connectivity index is 1.59. The van der Waals surface area contributed by atoms with Gasteiger partial charge in [-0.15, -0.1) is 11.8 Å². The predicted octanol–water partition coefficient (Wildman–Crippen LogP) is 4.80. The Hall–Kier alpha value is -2.27. The van der Waals surface area contributed by atoms with Gasteiger partial charge in [0.25, 0.3) is 0 Å². The number of hydrogen-bond acceptors (Lipinski definition) is 3. The first kappa shape index (κ1) is 18.5. The molecule has 0 saturated heterocycles. The maximum atomic E-state index is 12.7. The van der Waals surface area contributed by atoms with Crippen molar-refractivity contribution < 1.29 is 4.79 Å². The van der Waals surface area contributed by atoms with Crippen molar-refractivity contribution in [3.8, 4) is 0 Å². The molecule has 1 atom stereocenters. The van der Waals surface area contributed by atoms with Crippen molar-refractivity contribution in [1.82, 2.24) is 14.9 Å². The number of thioether (sulfide) groups is 1. The van der Waals surface area contributed by atoms with E-state index in [4.69, 9.17) is 0 Å². The number of benzene rings is 2. The van der Waals surface area contributed by atoms with Gasteiger partial charge in [0.1, 0.15) is 5.82 Å². The van der Waals surface area contributed by atoms with E-state index >= 15 is 0 Å². The minimum absolute atomic E-state index is 0.145. The van der Waals surface area contributed by atoms with E-state index in [1.54, 1.807) is 11.8 Å². The van der Waals surface area contributed by atoms with Crippen LogP contribution in [0.25, 0.3) is 11.0 Å². The Morgan fingerprint density at radius 2 is 1.88 bits per heavy atom. The maximum Gasteiger partial charge on any atom is 0.232 e. The second kappa shape index (κ2) is 8.90. The third-order valence-corrected chi connectivity index (χ3v) is 5.45. The third-order valence-electron chi connectivity index (χ3n) is 4.31. The Morgan fingerprint density at radius 1 is 1.15 bits per heavy atom. The van der Waals surface area contributed by atoms with Crippen LogP contribution >= 0.6 is 11.8 Å². The van der Waals surface area contributed by atoms with E-state index in [0.717, 1.165) is 29.8 Å². The zero-order chi connectivity index (χ0) is 18.4. The highest BCUT2D eigenvalue weighted by Gasteiger charge is 2.17. The van der Waals surface area contributed by atoms with Gasteiger partial charge in [-0.1, -0.05) is 49.4 Å². The summed E-state index contributed by atoms with van der Waals surface area (Å²) in [4.78, 5) is 22.7. The molecule has 0 aliphatic heterocycles. The molecule has 0 spiro atoms. The monoisotopic (exact) mass is 367 g/mol. The van der Waals surface area contributed by atoms with Crippen LogP contribution in [0, 0.1) is 0 Å². The molecule has 2 aromatic carbocycles. The Labute approximate surface area is 159 Å². The van der Waals surface area contributed by atoms with Gasteiger partial charge in [-0.3, -0.25) is 4.79 Å². The number of aromatic nitrogens is 2. The molecule has 1 unspecified atom stereocenters. The van der Waals surface area contributed by atoms with E-state index in [9.17, 15) is 4.79 Å². The number of nitrogens with one attached hydrogen (secondary N) is 1. The lowest BCUT2D eigenvalue weighted by Gasteiger charge is -2.22. The molecule has 3 aromatic rings. The van der Waals surface area contributed by atoms with Crippen LogP contribution in [0.2, 0.25) is 0 Å². The van der Waals surface area contributed by atoms with Crippen LogP contribution in [0.1, 0.15) is 36.9 Å². The number of imidazole rings is 1. The second-order valence-corrected chi connectivity index (χ2v) is 7.72. The number of hydrogen-bond donors (Lipinski definition) is 1. The standard InChI is InChI=1S/C21H25N3OS/c1-3-13-24(14-17-9-5-4-6-10-17)20(25)15-26-16(2)21-22-18-11-7-8-12-19(18)23-21/h4-12,16H,3,13-15H2,1-2H3,(H,22,23). The molecular weight excluding hydrogens is 342 g/mol. The van der Waals surface area contributed by atoms with Gasteiger partial charge >= 0.3 is 0 Å². The normalized spacial score (nSPS) is 12.2. The van der Waals surface area contributed by atoms with Crippen LogP contribution in [-0.4, -0.2) is 33.1 Å². The molecule has 1 heterocycles. The van der Waals surface area contributed by atoms with Gasteiger partial charge in [-0.2, -0.15) is 0 Å². The first-order chi connectivity index (χ1) is 12.7. The summed E-state index contributed by atoms with van der Waals surface area (Å²) in [6, 6.07) is 18.2. The van der Waals surface area contributed by atoms with E-state index in [1.165, 1.54) is 5.56 Å². The summed E-state index contributed by atoms with van der Waals surface area (Å²) in [5, 5.41) is 0.145. The summed E-state index contributed by atoms with van der Waals surface area (Å²) in [7, 11) is 0. The quantitative estimate of drug-likeness (QED) is 0.622. The fourth-order valence-corrected chi connectivity index (χ4v) is 3.74. The Bertz CT molecular complexity index is 814. The van der Waals surface area contributed by atoms with Crippen LogP contribution < -0.4 is 0 Å². The fourth-order valence-electron chi connectivity index (χ4n) is 2.90. The number of amides is 1. The number of carbonyl (C=O) groups excluding carboxylic acids is 1. The van der Waals surface area contributed by atoms with E-state index in [1.807, 2.05) is 47.4 Å². The van der Waals surface area contributed by atoms with Crippen LogP contribution in [0.4, 0.5) is 0 Å². The minimum atomic E-state index is 0.145. The third kappa shape index (κ3) is 4.67. The molecule has 0 bridgehead atoms. The SMILES string of the molecule is CCCN(Cc1ccccc1)C(=O)CSC(C)c1nc2ccccc2[nH]1. The van der Waals surface area contributed by atoms with Crippen LogP contribution in [0.15, 0.2) is 54.6 Å². The van der Waals surface area contributed by atoms with Crippen molar-refractivity contribution in [2.24, 2.45) is 0 Å². The highest BCUT2D eigenvalue weighted by Crippen LogP contribution is 2.28. The summed E-state index contributed by atoms with van der Waals surface area (Å²) in [6.07, 6.45) is 0.961. The first-order valence-corrected chi connectivity index (χ1v) is 10.1. The highest BCUT2D eigenvalue weighted by atomic mass is 32.2. The Kier molecular flexibility index (Phi) is 6.34. The summed E-state index contributed by atoms with van der Waals surface area (Å²) < 4.78 is 0. The molecule has 136 valence electrons. The average molecular weight is 368 g/mol. The summed E-state index contributed by atoms with van der Waals surface area (Å²) in [6.45, 7) is 5.66. The molecule has 0 aliphatic carbocycles. The lowest BCUT2D eigenvalue weighted by molar-refractivity contribution is -0.129. The number of H-pyrrole nitrogens is 1. The summed E-state index contributed by atoms with van der Waals surface area (Å²) in [5.74, 6) is 1.57. The molecule has 1 aromatic heterocycles. The number of carbonyl (C=O) groups is 1. The predicted molar refractivity (Wildman–Crippen MR) is 109 cm³/mol. The largest absolute Gasteiger partial charge is 0.341 e. The van der Waals surface area contributed by atoms with E-state index in [0.29, 0.717) is 12.3 Å². The van der Waals surface area contributed by atoms with Gasteiger partial charge in [0.15, 0.2) is 0 Å². The molecule has 1 amide bonds. The van der Waals surface area contributed by atoms with Crippen molar-refractivity contribution in [2.45, 2.75) is 32.1 Å². The van der Waals surface area contributed by atoms with Crippen LogP contribution in [0.3, 0.4) is 0 Å². The smallest absolute Gasteiger partial charge is 0.232 e. The van der Waals surface area contributed by atoms with Crippen molar-refractivity contribution in [2.75, 3.05) is 12.3 Å². The molecule has 3 rings (SSSR count). The number of nitrogens with zero attached hydrogens (tertiary/aromatic N) is 2. The highest BCUT2D eigenvalue weighted by molar-refractivity contribution is 8.00. The average Bonchev–Trinajstić information content (AvgIpc) is 3.10. The van der Waals surface area contributed by atoms with Gasteiger partial charge in [-0.25, -0.2) is 4.98 Å². The topological polar surface area (TPSA) is 49.0 Å². The van der Waals surface area contributed by atoms with Crippen LogP contribution in [0.5, 0.6) is 0 Å². The second-order valence-electron chi connectivity index (χ2n) is 6.39. The maximum absolute atomic E-state index is 12.7. The molecule has 26 heavy (non-hydrogen) atoms. The molecule has 0 radical (unpaired) electrons.